The average molecular weight is 400 g/mol. The molecule has 2 aromatic rings. The number of carbonyl (C=O) groups excluding carboxylic acids is 3. The number of hydrazone groups is 1. The Hall–Kier alpha value is -3.19. The summed E-state index contributed by atoms with van der Waals surface area (Å²) in [4.78, 5) is 35.3. The van der Waals surface area contributed by atoms with Gasteiger partial charge in [0.1, 0.15) is 12.3 Å². The molecule has 28 heavy (non-hydrogen) atoms. The van der Waals surface area contributed by atoms with Crippen molar-refractivity contribution in [2.75, 3.05) is 5.32 Å². The van der Waals surface area contributed by atoms with Crippen molar-refractivity contribution in [3.63, 3.8) is 0 Å². The highest BCUT2D eigenvalue weighted by Gasteiger charge is 2.19. The summed E-state index contributed by atoms with van der Waals surface area (Å²) in [6, 6.07) is 12.0. The number of hydrogen-bond acceptors (Lipinski definition) is 5. The highest BCUT2D eigenvalue weighted by atomic mass is 35.5. The molecule has 1 aliphatic rings. The van der Waals surface area contributed by atoms with E-state index >= 15 is 0 Å². The van der Waals surface area contributed by atoms with E-state index in [4.69, 9.17) is 16.3 Å². The van der Waals surface area contributed by atoms with Crippen molar-refractivity contribution in [1.29, 1.82) is 0 Å². The van der Waals surface area contributed by atoms with Crippen LogP contribution in [0.5, 0.6) is 0 Å². The van der Waals surface area contributed by atoms with E-state index in [0.717, 1.165) is 11.1 Å². The number of hydrogen-bond donors (Lipinski definition) is 2. The van der Waals surface area contributed by atoms with Crippen LogP contribution in [0.3, 0.4) is 0 Å². The maximum absolute atomic E-state index is 12.3. The molecule has 0 radical (unpaired) electrons. The third kappa shape index (κ3) is 4.95. The summed E-state index contributed by atoms with van der Waals surface area (Å²) >= 11 is 5.99. The highest BCUT2D eigenvalue weighted by Crippen LogP contribution is 2.20. The first-order chi connectivity index (χ1) is 13.4. The van der Waals surface area contributed by atoms with Gasteiger partial charge in [0.05, 0.1) is 0 Å². The molecule has 2 amide bonds. The van der Waals surface area contributed by atoms with Gasteiger partial charge in [0, 0.05) is 29.1 Å². The first-order valence-electron chi connectivity index (χ1n) is 8.61. The molecule has 1 aliphatic heterocycles. The van der Waals surface area contributed by atoms with Crippen LogP contribution >= 0.6 is 11.6 Å². The van der Waals surface area contributed by atoms with Crippen molar-refractivity contribution in [3.05, 3.63) is 64.2 Å². The molecule has 0 saturated carbocycles. The predicted molar refractivity (Wildman–Crippen MR) is 105 cm³/mol. The number of halogens is 1. The molecule has 144 valence electrons. The molecule has 7 nitrogen and oxygen atoms in total. The number of esters is 1. The molecule has 0 atom stereocenters. The molecule has 0 aromatic heterocycles. The molecule has 1 heterocycles. The lowest BCUT2D eigenvalue weighted by Gasteiger charge is -2.11. The summed E-state index contributed by atoms with van der Waals surface area (Å²) in [6.45, 7) is 1.91. The van der Waals surface area contributed by atoms with Gasteiger partial charge in [-0.15, -0.1) is 0 Å². The van der Waals surface area contributed by atoms with E-state index in [0.29, 0.717) is 16.3 Å². The molecule has 2 aromatic carbocycles. The predicted octanol–water partition coefficient (Wildman–Crippen LogP) is 3.21. The second kappa shape index (κ2) is 8.67. The van der Waals surface area contributed by atoms with E-state index in [9.17, 15) is 14.4 Å². The Kier molecular flexibility index (Phi) is 6.06. The van der Waals surface area contributed by atoms with Crippen molar-refractivity contribution >= 4 is 40.8 Å². The molecule has 0 spiro atoms. The molecular formula is C20H18ClN3O4. The van der Waals surface area contributed by atoms with Gasteiger partial charge in [0.15, 0.2) is 0 Å². The van der Waals surface area contributed by atoms with Crippen molar-refractivity contribution < 1.29 is 19.1 Å². The van der Waals surface area contributed by atoms with Gasteiger partial charge in [-0.05, 0) is 48.4 Å². The fraction of sp³-hybridized carbons (Fsp3) is 0.200. The van der Waals surface area contributed by atoms with Crippen LogP contribution in [0.4, 0.5) is 5.69 Å². The first kappa shape index (κ1) is 19.6. The molecule has 8 heteroatoms. The second-order valence-electron chi connectivity index (χ2n) is 6.28. The van der Waals surface area contributed by atoms with Gasteiger partial charge in [-0.2, -0.15) is 5.10 Å². The van der Waals surface area contributed by atoms with Crippen LogP contribution in [0, 0.1) is 6.92 Å². The van der Waals surface area contributed by atoms with Gasteiger partial charge < -0.3 is 10.1 Å². The van der Waals surface area contributed by atoms with Gasteiger partial charge in [-0.1, -0.05) is 23.7 Å². The second-order valence-corrected chi connectivity index (χ2v) is 6.69. The molecular weight excluding hydrogens is 382 g/mol. The number of nitrogens with zero attached hydrogens (tertiary/aromatic N) is 1. The van der Waals surface area contributed by atoms with E-state index in [1.165, 1.54) is 0 Å². The van der Waals surface area contributed by atoms with Crippen LogP contribution in [-0.2, 0) is 20.9 Å². The Labute approximate surface area is 166 Å². The molecule has 0 aliphatic carbocycles. The van der Waals surface area contributed by atoms with Gasteiger partial charge in [-0.3, -0.25) is 9.59 Å². The van der Waals surface area contributed by atoms with Crippen LogP contribution in [0.15, 0.2) is 47.6 Å². The molecule has 0 bridgehead atoms. The smallest absolute Gasteiger partial charge is 0.354 e. The Bertz CT molecular complexity index is 954. The van der Waals surface area contributed by atoms with Crippen molar-refractivity contribution in [3.8, 4) is 0 Å². The summed E-state index contributed by atoms with van der Waals surface area (Å²) < 4.78 is 5.19. The number of carbonyl (C=O) groups is 3. The highest BCUT2D eigenvalue weighted by molar-refractivity contribution is 6.37. The summed E-state index contributed by atoms with van der Waals surface area (Å²) in [6.07, 6.45) is 0.471. The normalized spacial score (nSPS) is 13.4. The van der Waals surface area contributed by atoms with Crippen LogP contribution in [0.1, 0.15) is 34.3 Å². The zero-order valence-corrected chi connectivity index (χ0v) is 15.9. The van der Waals surface area contributed by atoms with Gasteiger partial charge in [0.25, 0.3) is 5.91 Å². The largest absolute Gasteiger partial charge is 0.456 e. The zero-order chi connectivity index (χ0) is 20.1. The van der Waals surface area contributed by atoms with Crippen LogP contribution in [0.2, 0.25) is 5.02 Å². The minimum absolute atomic E-state index is 0.0457. The zero-order valence-electron chi connectivity index (χ0n) is 15.1. The number of rotatable bonds is 5. The molecule has 0 saturated heterocycles. The molecule has 2 N–H and O–H groups in total. The maximum atomic E-state index is 12.3. The fourth-order valence-corrected chi connectivity index (χ4v) is 2.65. The first-order valence-corrected chi connectivity index (χ1v) is 8.99. The van der Waals surface area contributed by atoms with E-state index in [2.05, 4.69) is 15.8 Å². The SMILES string of the molecule is Cc1cc(NC(=O)c2ccc(COC(=O)C3=NNC(=O)CC3)cc2)ccc1Cl. The summed E-state index contributed by atoms with van der Waals surface area (Å²) in [5.74, 6) is -1.04. The lowest BCUT2D eigenvalue weighted by molar-refractivity contribution is -0.137. The summed E-state index contributed by atoms with van der Waals surface area (Å²) in [7, 11) is 0. The number of ether oxygens (including phenoxy) is 1. The molecule has 0 unspecified atom stereocenters. The van der Waals surface area contributed by atoms with Crippen LogP contribution in [0.25, 0.3) is 0 Å². The van der Waals surface area contributed by atoms with E-state index < -0.39 is 5.97 Å². The summed E-state index contributed by atoms with van der Waals surface area (Å²) in [5, 5.41) is 7.14. The van der Waals surface area contributed by atoms with Gasteiger partial charge in [0.2, 0.25) is 5.91 Å². The van der Waals surface area contributed by atoms with Crippen molar-refractivity contribution in [2.45, 2.75) is 26.4 Å². The van der Waals surface area contributed by atoms with Gasteiger partial charge >= 0.3 is 5.97 Å². The third-order valence-electron chi connectivity index (χ3n) is 4.14. The number of nitrogens with one attached hydrogen (secondary N) is 2. The average Bonchev–Trinajstić information content (AvgIpc) is 2.70. The minimum Gasteiger partial charge on any atom is -0.456 e. The number of benzene rings is 2. The Morgan fingerprint density at radius 1 is 1.18 bits per heavy atom. The lowest BCUT2D eigenvalue weighted by atomic mass is 10.1. The quantitative estimate of drug-likeness (QED) is 0.754. The van der Waals surface area contributed by atoms with Crippen molar-refractivity contribution in [2.24, 2.45) is 5.10 Å². The van der Waals surface area contributed by atoms with E-state index in [1.54, 1.807) is 42.5 Å². The van der Waals surface area contributed by atoms with E-state index in [1.807, 2.05) is 6.92 Å². The Balaban J connectivity index is 1.55. The molecule has 0 fully saturated rings. The van der Waals surface area contributed by atoms with E-state index in [-0.39, 0.29) is 37.0 Å². The monoisotopic (exact) mass is 399 g/mol. The lowest BCUT2D eigenvalue weighted by Crippen LogP contribution is -2.30. The topological polar surface area (TPSA) is 96.9 Å². The van der Waals surface area contributed by atoms with Crippen LogP contribution in [-0.4, -0.2) is 23.5 Å². The Morgan fingerprint density at radius 2 is 1.93 bits per heavy atom. The molecule has 3 rings (SSSR count). The number of anilines is 1. The summed E-state index contributed by atoms with van der Waals surface area (Å²) in [5.41, 5.74) is 5.18. The fourth-order valence-electron chi connectivity index (χ4n) is 2.53. The van der Waals surface area contributed by atoms with Crippen molar-refractivity contribution in [1.82, 2.24) is 5.43 Å². The minimum atomic E-state index is -0.570. The van der Waals surface area contributed by atoms with Crippen LogP contribution < -0.4 is 10.7 Å². The Morgan fingerprint density at radius 3 is 2.57 bits per heavy atom. The maximum Gasteiger partial charge on any atom is 0.354 e. The number of aryl methyl sites for hydroxylation is 1. The van der Waals surface area contributed by atoms with Gasteiger partial charge in [-0.25, -0.2) is 10.2 Å². The number of amides is 2. The standard InChI is InChI=1S/C20H18ClN3O4/c1-12-10-15(6-7-16(12)21)22-19(26)14-4-2-13(3-5-14)11-28-20(27)17-8-9-18(25)24-23-17/h2-7,10H,8-9,11H2,1H3,(H,22,26)(H,24,25). The third-order valence-corrected chi connectivity index (χ3v) is 4.57.